The third-order valence-electron chi connectivity index (χ3n) is 12.2. The first kappa shape index (κ1) is 52.2. The van der Waals surface area contributed by atoms with Crippen molar-refractivity contribution in [1.29, 1.82) is 0 Å². The van der Waals surface area contributed by atoms with Crippen molar-refractivity contribution in [3.05, 3.63) is 151 Å². The highest BCUT2D eigenvalue weighted by Crippen LogP contribution is 2.39. The molecule has 0 N–H and O–H groups in total. The number of hydrogen-bond donors (Lipinski definition) is 0. The van der Waals surface area contributed by atoms with Crippen LogP contribution in [0.1, 0.15) is 107 Å². The van der Waals surface area contributed by atoms with E-state index >= 15 is 8.42 Å². The van der Waals surface area contributed by atoms with Crippen molar-refractivity contribution in [2.75, 3.05) is 13.2 Å². The van der Waals surface area contributed by atoms with Crippen LogP contribution in [-0.2, 0) is 36.5 Å². The van der Waals surface area contributed by atoms with Gasteiger partial charge in [-0.15, -0.1) is 0 Å². The van der Waals surface area contributed by atoms with E-state index < -0.39 is 48.4 Å². The molecule has 0 heterocycles. The van der Waals surface area contributed by atoms with Crippen LogP contribution in [0.15, 0.2) is 155 Å². The molecule has 0 amide bonds. The van der Waals surface area contributed by atoms with E-state index in [-0.39, 0.29) is 27.5 Å². The Kier molecular flexibility index (Phi) is 17.9. The molecule has 65 heavy (non-hydrogen) atoms. The van der Waals surface area contributed by atoms with Crippen molar-refractivity contribution in [1.82, 2.24) is 4.31 Å². The molecule has 5 aromatic carbocycles. The Bertz CT molecular complexity index is 2300. The van der Waals surface area contributed by atoms with Gasteiger partial charge in [-0.3, -0.25) is 0 Å². The lowest BCUT2D eigenvalue weighted by Crippen LogP contribution is -2.67. The van der Waals surface area contributed by atoms with Crippen LogP contribution < -0.4 is 20.7 Å². The van der Waals surface area contributed by atoms with Gasteiger partial charge >= 0.3 is 0 Å². The van der Waals surface area contributed by atoms with E-state index in [2.05, 4.69) is 157 Å². The molecule has 0 spiro atoms. The summed E-state index contributed by atoms with van der Waals surface area (Å²) in [6.07, 6.45) is 4.17. The van der Waals surface area contributed by atoms with Crippen LogP contribution in [0.2, 0.25) is 10.1 Å². The average molecular weight is 952 g/mol. The smallest absolute Gasteiger partial charge is 0.261 e. The fraction of sp³-hybridized carbons (Fsp3) is 0.426. The molecule has 5 aromatic rings. The normalized spacial score (nSPS) is 14.3. The molecule has 0 aliphatic rings. The third kappa shape index (κ3) is 12.6. The minimum Gasteiger partial charge on any atom is -0.406 e. The van der Waals surface area contributed by atoms with E-state index in [4.69, 9.17) is 8.85 Å². The minimum atomic E-state index is -4.02. The maximum Gasteiger partial charge on any atom is 0.261 e. The Balaban J connectivity index is 1.53. The molecule has 0 radical (unpaired) electrons. The topological polar surface area (TPSA) is 85.3 Å². The van der Waals surface area contributed by atoms with Crippen LogP contribution in [0.5, 0.6) is 0 Å². The van der Waals surface area contributed by atoms with E-state index in [1.165, 1.54) is 10.4 Å². The first-order chi connectivity index (χ1) is 30.6. The van der Waals surface area contributed by atoms with E-state index in [9.17, 15) is 4.21 Å². The Labute approximate surface area is 397 Å². The fourth-order valence-corrected chi connectivity index (χ4v) is 20.1. The predicted molar refractivity (Wildman–Crippen MR) is 280 cm³/mol. The lowest BCUT2D eigenvalue weighted by molar-refractivity contribution is 0.181. The van der Waals surface area contributed by atoms with E-state index in [1.807, 2.05) is 57.2 Å². The van der Waals surface area contributed by atoms with Gasteiger partial charge in [0.15, 0.2) is 0 Å². The second kappa shape index (κ2) is 22.3. The quantitative estimate of drug-likeness (QED) is 0.0416. The van der Waals surface area contributed by atoms with Crippen molar-refractivity contribution in [3.8, 4) is 0 Å². The van der Waals surface area contributed by atoms with Crippen molar-refractivity contribution < 1.29 is 21.5 Å². The van der Waals surface area contributed by atoms with Crippen LogP contribution in [0.3, 0.4) is 0 Å². The largest absolute Gasteiger partial charge is 0.406 e. The lowest BCUT2D eigenvalue weighted by atomic mass is 10.1. The van der Waals surface area contributed by atoms with Gasteiger partial charge in [-0.25, -0.2) is 12.6 Å². The molecule has 5 rings (SSSR count). The average Bonchev–Trinajstić information content (AvgIpc) is 3.26. The van der Waals surface area contributed by atoms with Gasteiger partial charge in [0.1, 0.15) is 11.0 Å². The van der Waals surface area contributed by atoms with Crippen molar-refractivity contribution in [2.24, 2.45) is 10.3 Å². The molecular weight excluding hydrogens is 877 g/mol. The molecule has 0 aromatic heterocycles. The van der Waals surface area contributed by atoms with Crippen LogP contribution in [0.25, 0.3) is 0 Å². The zero-order valence-electron chi connectivity index (χ0n) is 40.8. The summed E-state index contributed by atoms with van der Waals surface area (Å²) >= 11 is 0. The summed E-state index contributed by atoms with van der Waals surface area (Å²) in [5.41, 5.74) is 0.907. The van der Waals surface area contributed by atoms with Gasteiger partial charge in [0.2, 0.25) is 10.0 Å². The van der Waals surface area contributed by atoms with Gasteiger partial charge < -0.3 is 8.85 Å². The molecule has 350 valence electrons. The first-order valence-corrected chi connectivity index (χ1v) is 29.6. The van der Waals surface area contributed by atoms with Crippen LogP contribution in [0, 0.1) is 5.92 Å². The Hall–Kier alpha value is -3.82. The standard InChI is InChI=1S/C54H74N2O5S2Si2/c1-44(2)39-41-56(63(58,59)47-37-35-45(36-38-47)42-60-64(53(6,7)8,48-27-16-12-17-28-48)49-29-18-13-19-30-49)46(26-24-25-40-55-62(57)52(3,4)5)43-61-65(54(9,10)11,50-31-20-14-21-32-50)51-33-22-15-23-34-51/h12-23,27-38,40,44,46H,24-26,39,41-43H2,1-11H3/t46-,62-/m0/s1. The highest BCUT2D eigenvalue weighted by atomic mass is 32.2. The molecule has 0 fully saturated rings. The highest BCUT2D eigenvalue weighted by molar-refractivity contribution is 7.89. The number of sulfonamides is 1. The van der Waals surface area contributed by atoms with E-state index in [1.54, 1.807) is 22.7 Å². The predicted octanol–water partition coefficient (Wildman–Crippen LogP) is 10.4. The molecule has 0 aliphatic heterocycles. The maximum absolute atomic E-state index is 15.3. The molecule has 0 unspecified atom stereocenters. The molecular formula is C54H74N2O5S2Si2. The summed E-state index contributed by atoms with van der Waals surface area (Å²) in [5.74, 6) is 0.270. The first-order valence-electron chi connectivity index (χ1n) is 23.2. The van der Waals surface area contributed by atoms with Gasteiger partial charge in [0.05, 0.1) is 22.9 Å². The van der Waals surface area contributed by atoms with Crippen molar-refractivity contribution >= 4 is 64.6 Å². The van der Waals surface area contributed by atoms with Gasteiger partial charge in [-0.1, -0.05) is 189 Å². The summed E-state index contributed by atoms with van der Waals surface area (Å²) in [6, 6.07) is 48.9. The summed E-state index contributed by atoms with van der Waals surface area (Å²) < 4.78 is 63.6. The Morgan fingerprint density at radius 1 is 0.615 bits per heavy atom. The van der Waals surface area contributed by atoms with Crippen molar-refractivity contribution in [2.45, 2.75) is 134 Å². The number of hydrogen-bond acceptors (Lipinski definition) is 5. The summed E-state index contributed by atoms with van der Waals surface area (Å²) in [6.45, 7) is 24.4. The number of benzene rings is 5. The van der Waals surface area contributed by atoms with Gasteiger partial charge in [-0.2, -0.15) is 8.70 Å². The lowest BCUT2D eigenvalue weighted by Gasteiger charge is -2.44. The Morgan fingerprint density at radius 3 is 1.42 bits per heavy atom. The molecule has 11 heteroatoms. The Morgan fingerprint density at radius 2 is 1.03 bits per heavy atom. The second-order valence-electron chi connectivity index (χ2n) is 20.6. The third-order valence-corrected chi connectivity index (χ3v) is 25.6. The van der Waals surface area contributed by atoms with E-state index in [0.717, 1.165) is 15.9 Å². The van der Waals surface area contributed by atoms with Crippen LogP contribution in [0.4, 0.5) is 0 Å². The fourth-order valence-electron chi connectivity index (χ4n) is 8.75. The van der Waals surface area contributed by atoms with E-state index in [0.29, 0.717) is 38.8 Å². The highest BCUT2D eigenvalue weighted by Gasteiger charge is 2.52. The minimum absolute atomic E-state index is 0.197. The molecule has 7 nitrogen and oxygen atoms in total. The molecule has 0 bridgehead atoms. The molecule has 0 saturated carbocycles. The molecule has 0 saturated heterocycles. The zero-order chi connectivity index (χ0) is 47.5. The second-order valence-corrected chi connectivity index (χ2v) is 33.0. The van der Waals surface area contributed by atoms with Gasteiger partial charge in [-0.05, 0) is 101 Å². The summed E-state index contributed by atoms with van der Waals surface area (Å²) in [5, 5.41) is 4.18. The monoisotopic (exact) mass is 950 g/mol. The van der Waals surface area contributed by atoms with Gasteiger partial charge in [0.25, 0.3) is 16.6 Å². The maximum atomic E-state index is 15.3. The summed E-state index contributed by atoms with van der Waals surface area (Å²) in [4.78, 5) is 0.244. The van der Waals surface area contributed by atoms with Crippen LogP contribution >= 0.6 is 0 Å². The van der Waals surface area contributed by atoms with Gasteiger partial charge in [0, 0.05) is 18.8 Å². The SMILES string of the molecule is CC(C)CCN([C@@H](CCCC=N[S@@](=O)C(C)(C)C)CO[Si](c1ccccc1)(c1ccccc1)C(C)(C)C)S(=O)(=O)c1ccc(CO[Si](c2ccccc2)(c2ccccc2)C(C)(C)C)cc1. The molecule has 0 aliphatic carbocycles. The number of rotatable bonds is 21. The van der Waals surface area contributed by atoms with Crippen molar-refractivity contribution in [3.63, 3.8) is 0 Å². The zero-order valence-corrected chi connectivity index (χ0v) is 44.4. The molecule has 2 atom stereocenters. The summed E-state index contributed by atoms with van der Waals surface area (Å²) in [7, 11) is -11.2. The van der Waals surface area contributed by atoms with Crippen LogP contribution in [-0.4, -0.2) is 63.7 Å². The number of unbranched alkanes of at least 4 members (excludes halogenated alkanes) is 1. The number of nitrogens with zero attached hydrogens (tertiary/aromatic N) is 2.